The van der Waals surface area contributed by atoms with E-state index < -0.39 is 49.6 Å². The van der Waals surface area contributed by atoms with Gasteiger partial charge < -0.3 is 9.47 Å². The van der Waals surface area contributed by atoms with Crippen LogP contribution < -0.4 is 0 Å². The minimum absolute atomic E-state index is 0.599. The van der Waals surface area contributed by atoms with Gasteiger partial charge in [-0.2, -0.15) is 35.1 Å². The van der Waals surface area contributed by atoms with Gasteiger partial charge in [0, 0.05) is 13.8 Å². The summed E-state index contributed by atoms with van der Waals surface area (Å²) in [6, 6.07) is 0. The van der Waals surface area contributed by atoms with E-state index in [0.29, 0.717) is 13.8 Å². The minimum Gasteiger partial charge on any atom is -0.457 e. The largest absolute Gasteiger partial charge is 0.457 e. The second-order valence-corrected chi connectivity index (χ2v) is 4.07. The van der Waals surface area contributed by atoms with E-state index in [1.54, 1.807) is 0 Å². The number of carbonyl (C=O) groups excluding carboxylic acids is 2. The molecular weight excluding hydrogens is 368 g/mol. The maximum atomic E-state index is 13.0. The van der Waals surface area contributed by atoms with Crippen LogP contribution in [-0.4, -0.2) is 49.6 Å². The number of esters is 2. The summed E-state index contributed by atoms with van der Waals surface area (Å²) >= 11 is 0. The van der Waals surface area contributed by atoms with Crippen LogP contribution in [0.3, 0.4) is 0 Å². The molecule has 0 aromatic rings. The van der Waals surface area contributed by atoms with Crippen molar-refractivity contribution in [3.05, 3.63) is 0 Å². The van der Waals surface area contributed by atoms with Crippen molar-refractivity contribution >= 4 is 11.9 Å². The standard InChI is InChI=1S/C10H10F8O6/c1-5(19)21-3-7(11,12)23-9(15,16)10(17,18)24-8(13,14)4-22-6(2)20/h3-4H2,1-2H3. The van der Waals surface area contributed by atoms with Crippen molar-refractivity contribution < 1.29 is 63.7 Å². The van der Waals surface area contributed by atoms with Gasteiger partial charge in [0.1, 0.15) is 0 Å². The molecule has 0 N–H and O–H groups in total. The Morgan fingerprint density at radius 1 is 0.667 bits per heavy atom. The first-order valence-corrected chi connectivity index (χ1v) is 5.68. The van der Waals surface area contributed by atoms with Gasteiger partial charge in [0.15, 0.2) is 13.2 Å². The monoisotopic (exact) mass is 378 g/mol. The fraction of sp³-hybridized carbons (Fsp3) is 0.800. The van der Waals surface area contributed by atoms with Crippen molar-refractivity contribution in [2.75, 3.05) is 13.2 Å². The van der Waals surface area contributed by atoms with Gasteiger partial charge in [0.25, 0.3) is 0 Å². The van der Waals surface area contributed by atoms with E-state index >= 15 is 0 Å². The van der Waals surface area contributed by atoms with E-state index in [0.717, 1.165) is 0 Å². The van der Waals surface area contributed by atoms with Gasteiger partial charge in [-0.15, -0.1) is 0 Å². The molecule has 6 nitrogen and oxygen atoms in total. The zero-order chi connectivity index (χ0) is 19.4. The Hall–Kier alpha value is -1.70. The molecule has 24 heavy (non-hydrogen) atoms. The molecule has 0 saturated heterocycles. The molecule has 0 saturated carbocycles. The van der Waals surface area contributed by atoms with Gasteiger partial charge in [-0.3, -0.25) is 9.59 Å². The number of carbonyl (C=O) groups is 2. The lowest BCUT2D eigenvalue weighted by atomic mass is 10.5. The zero-order valence-electron chi connectivity index (χ0n) is 11.9. The second-order valence-electron chi connectivity index (χ2n) is 4.07. The smallest absolute Gasteiger partial charge is 0.453 e. The minimum atomic E-state index is -6.25. The first kappa shape index (κ1) is 22.3. The third kappa shape index (κ3) is 7.72. The Bertz CT molecular complexity index is 424. The SMILES string of the molecule is CC(=O)OCC(F)(F)OC(F)(F)C(F)(F)OC(F)(F)COC(C)=O. The first-order chi connectivity index (χ1) is 10.5. The highest BCUT2D eigenvalue weighted by atomic mass is 19.3. The van der Waals surface area contributed by atoms with Crippen LogP contribution in [0.25, 0.3) is 0 Å². The Labute approximate surface area is 128 Å². The van der Waals surface area contributed by atoms with Crippen LogP contribution in [-0.2, 0) is 28.5 Å². The molecule has 0 unspecified atom stereocenters. The summed E-state index contributed by atoms with van der Waals surface area (Å²) in [6.07, 6.45) is -22.8. The highest BCUT2D eigenvalue weighted by molar-refractivity contribution is 5.66. The summed E-state index contributed by atoms with van der Waals surface area (Å²) < 4.78 is 116. The third-order valence-corrected chi connectivity index (χ3v) is 1.78. The lowest BCUT2D eigenvalue weighted by Gasteiger charge is -2.30. The average molecular weight is 378 g/mol. The molecular formula is C10H10F8O6. The molecule has 0 atom stereocenters. The van der Waals surface area contributed by atoms with Gasteiger partial charge in [0.05, 0.1) is 0 Å². The number of rotatable bonds is 9. The van der Waals surface area contributed by atoms with Gasteiger partial charge in [-0.05, 0) is 0 Å². The quantitative estimate of drug-likeness (QED) is 0.454. The molecule has 0 radical (unpaired) electrons. The summed E-state index contributed by atoms with van der Waals surface area (Å²) in [5, 5.41) is 0. The molecule has 0 aliphatic carbocycles. The van der Waals surface area contributed by atoms with E-state index in [9.17, 15) is 44.7 Å². The molecule has 0 amide bonds. The van der Waals surface area contributed by atoms with Gasteiger partial charge in [-0.25, -0.2) is 9.47 Å². The zero-order valence-corrected chi connectivity index (χ0v) is 11.9. The van der Waals surface area contributed by atoms with Crippen LogP contribution in [0.4, 0.5) is 35.1 Å². The van der Waals surface area contributed by atoms with Gasteiger partial charge in [-0.1, -0.05) is 0 Å². The summed E-state index contributed by atoms with van der Waals surface area (Å²) in [5.74, 6) is -2.75. The van der Waals surface area contributed by atoms with Crippen LogP contribution >= 0.6 is 0 Å². The highest BCUT2D eigenvalue weighted by Gasteiger charge is 2.67. The molecule has 0 aromatic carbocycles. The molecule has 0 aliphatic rings. The predicted molar refractivity (Wildman–Crippen MR) is 55.2 cm³/mol. The van der Waals surface area contributed by atoms with E-state index in [1.807, 2.05) is 0 Å². The molecule has 0 spiro atoms. The molecule has 0 aliphatic heterocycles. The normalized spacial score (nSPS) is 13.6. The van der Waals surface area contributed by atoms with E-state index in [1.165, 1.54) is 0 Å². The molecule has 0 rings (SSSR count). The molecule has 142 valence electrons. The molecule has 0 fully saturated rings. The molecule has 0 bridgehead atoms. The lowest BCUT2D eigenvalue weighted by molar-refractivity contribution is -0.515. The summed E-state index contributed by atoms with van der Waals surface area (Å²) in [6.45, 7) is -3.17. The Balaban J connectivity index is 5.02. The number of alkyl halides is 8. The lowest BCUT2D eigenvalue weighted by Crippen LogP contribution is -2.53. The summed E-state index contributed by atoms with van der Waals surface area (Å²) in [7, 11) is 0. The van der Waals surface area contributed by atoms with E-state index in [2.05, 4.69) is 18.9 Å². The Morgan fingerprint density at radius 2 is 0.917 bits per heavy atom. The van der Waals surface area contributed by atoms with Crippen molar-refractivity contribution in [3.63, 3.8) is 0 Å². The first-order valence-electron chi connectivity index (χ1n) is 5.68. The third-order valence-electron chi connectivity index (χ3n) is 1.78. The topological polar surface area (TPSA) is 71.1 Å². The van der Waals surface area contributed by atoms with E-state index in [-0.39, 0.29) is 0 Å². The van der Waals surface area contributed by atoms with Crippen LogP contribution in [0.5, 0.6) is 0 Å². The molecule has 0 aromatic heterocycles. The summed E-state index contributed by atoms with van der Waals surface area (Å²) in [5.41, 5.74) is 0. The fourth-order valence-corrected chi connectivity index (χ4v) is 0.924. The van der Waals surface area contributed by atoms with Crippen LogP contribution in [0.15, 0.2) is 0 Å². The van der Waals surface area contributed by atoms with Gasteiger partial charge >= 0.3 is 36.4 Å². The number of ether oxygens (including phenoxy) is 4. The van der Waals surface area contributed by atoms with Crippen molar-refractivity contribution in [1.82, 2.24) is 0 Å². The van der Waals surface area contributed by atoms with Crippen LogP contribution in [0.1, 0.15) is 13.8 Å². The Morgan fingerprint density at radius 3 is 1.12 bits per heavy atom. The van der Waals surface area contributed by atoms with Crippen LogP contribution in [0.2, 0.25) is 0 Å². The average Bonchev–Trinajstić information content (AvgIpc) is 2.31. The van der Waals surface area contributed by atoms with Crippen molar-refractivity contribution in [2.45, 2.75) is 38.3 Å². The Kier molecular flexibility index (Phi) is 6.93. The predicted octanol–water partition coefficient (Wildman–Crippen LogP) is 2.52. The van der Waals surface area contributed by atoms with Crippen molar-refractivity contribution in [2.24, 2.45) is 0 Å². The van der Waals surface area contributed by atoms with Crippen LogP contribution in [0, 0.1) is 0 Å². The van der Waals surface area contributed by atoms with E-state index in [4.69, 9.17) is 0 Å². The van der Waals surface area contributed by atoms with Crippen molar-refractivity contribution in [1.29, 1.82) is 0 Å². The van der Waals surface area contributed by atoms with Crippen molar-refractivity contribution in [3.8, 4) is 0 Å². The molecule has 14 heteroatoms. The second kappa shape index (κ2) is 7.46. The maximum Gasteiger partial charge on any atom is 0.453 e. The fourth-order valence-electron chi connectivity index (χ4n) is 0.924. The molecule has 0 heterocycles. The van der Waals surface area contributed by atoms with Gasteiger partial charge in [0.2, 0.25) is 0 Å². The number of halogens is 8. The number of hydrogen-bond acceptors (Lipinski definition) is 6. The summed E-state index contributed by atoms with van der Waals surface area (Å²) in [4.78, 5) is 20.5. The maximum absolute atomic E-state index is 13.0. The highest BCUT2D eigenvalue weighted by Crippen LogP contribution is 2.43. The number of hydrogen-bond donors (Lipinski definition) is 0.